The van der Waals surface area contributed by atoms with E-state index >= 15 is 0 Å². The first-order valence-corrected chi connectivity index (χ1v) is 6.38. The maximum absolute atomic E-state index is 11.7. The third kappa shape index (κ3) is 2.81. The highest BCUT2D eigenvalue weighted by atomic mass is 35.5. The quantitative estimate of drug-likeness (QED) is 0.641. The molecule has 0 saturated carbocycles. The Kier molecular flexibility index (Phi) is 3.39. The van der Waals surface area contributed by atoms with E-state index in [1.807, 2.05) is 12.1 Å². The molecular weight excluding hydrogens is 278 g/mol. The second-order valence-electron chi connectivity index (χ2n) is 4.24. The molecule has 0 amide bonds. The average molecular weight is 288 g/mol. The molecule has 0 unspecified atom stereocenters. The first-order chi connectivity index (χ1) is 9.70. The highest BCUT2D eigenvalue weighted by molar-refractivity contribution is 6.30. The molecule has 0 atom stereocenters. The van der Waals surface area contributed by atoms with Gasteiger partial charge in [-0.05, 0) is 29.8 Å². The molecule has 0 saturated heterocycles. The second kappa shape index (κ2) is 5.35. The van der Waals surface area contributed by atoms with Gasteiger partial charge in [-0.25, -0.2) is 9.79 Å². The van der Waals surface area contributed by atoms with E-state index in [9.17, 15) is 4.79 Å². The monoisotopic (exact) mass is 287 g/mol. The number of hydrogen-bond donors (Lipinski definition) is 0. The van der Waals surface area contributed by atoms with Crippen molar-refractivity contribution in [3.8, 4) is 0 Å². The van der Waals surface area contributed by atoms with Crippen molar-refractivity contribution in [1.82, 2.24) is 0 Å². The normalized spacial score (nSPS) is 16.4. The van der Waals surface area contributed by atoms with Gasteiger partial charge in [0.05, 0.1) is 6.26 Å². The molecule has 2 aromatic rings. The van der Waals surface area contributed by atoms with Crippen LogP contribution in [-0.4, -0.2) is 11.9 Å². The molecule has 0 bridgehead atoms. The molecule has 1 aromatic carbocycles. The van der Waals surface area contributed by atoms with Gasteiger partial charge in [0.15, 0.2) is 5.70 Å². The zero-order chi connectivity index (χ0) is 13.9. The summed E-state index contributed by atoms with van der Waals surface area (Å²) in [5, 5.41) is 0.664. The molecule has 5 heteroatoms. The van der Waals surface area contributed by atoms with E-state index in [4.69, 9.17) is 20.8 Å². The summed E-state index contributed by atoms with van der Waals surface area (Å²) < 4.78 is 10.3. The number of halogens is 1. The molecule has 4 nitrogen and oxygen atoms in total. The average Bonchev–Trinajstić information content (AvgIpc) is 3.04. The largest absolute Gasteiger partial charge is 0.465 e. The van der Waals surface area contributed by atoms with E-state index in [0.29, 0.717) is 23.1 Å². The van der Waals surface area contributed by atoms with Crippen LogP contribution in [0.4, 0.5) is 0 Å². The fraction of sp³-hybridized carbons (Fsp3) is 0.0667. The van der Waals surface area contributed by atoms with Gasteiger partial charge in [-0.15, -0.1) is 0 Å². The van der Waals surface area contributed by atoms with Crippen LogP contribution in [-0.2, 0) is 16.0 Å². The number of esters is 1. The van der Waals surface area contributed by atoms with Crippen molar-refractivity contribution >= 4 is 29.5 Å². The minimum Gasteiger partial charge on any atom is -0.465 e. The Hall–Kier alpha value is -2.33. The molecule has 0 radical (unpaired) electrons. The zero-order valence-corrected chi connectivity index (χ0v) is 11.1. The van der Waals surface area contributed by atoms with Crippen LogP contribution in [0.25, 0.3) is 6.08 Å². The number of benzene rings is 1. The lowest BCUT2D eigenvalue weighted by Gasteiger charge is -1.99. The third-order valence-electron chi connectivity index (χ3n) is 2.76. The smallest absolute Gasteiger partial charge is 0.363 e. The Bertz CT molecular complexity index is 684. The Balaban J connectivity index is 1.78. The first kappa shape index (κ1) is 12.7. The number of aliphatic imine (C=N–C) groups is 1. The van der Waals surface area contributed by atoms with Crippen LogP contribution >= 0.6 is 11.6 Å². The standard InChI is InChI=1S/C15H10ClNO3/c16-11-5-3-10(4-6-11)8-14-17-13(15(18)20-14)9-12-2-1-7-19-12/h1-7,9H,8H2/b13-9+. The second-order valence-corrected chi connectivity index (χ2v) is 4.68. The van der Waals surface area contributed by atoms with Crippen molar-refractivity contribution < 1.29 is 13.9 Å². The molecule has 1 aromatic heterocycles. The lowest BCUT2D eigenvalue weighted by atomic mass is 10.1. The maximum atomic E-state index is 11.7. The van der Waals surface area contributed by atoms with Gasteiger partial charge in [0, 0.05) is 17.5 Å². The number of nitrogens with zero attached hydrogens (tertiary/aromatic N) is 1. The van der Waals surface area contributed by atoms with Crippen molar-refractivity contribution in [2.45, 2.75) is 6.42 Å². The van der Waals surface area contributed by atoms with Crippen LogP contribution < -0.4 is 0 Å². The summed E-state index contributed by atoms with van der Waals surface area (Å²) in [5.41, 5.74) is 1.21. The van der Waals surface area contributed by atoms with Crippen LogP contribution in [0.15, 0.2) is 57.8 Å². The highest BCUT2D eigenvalue weighted by Crippen LogP contribution is 2.18. The van der Waals surface area contributed by atoms with Gasteiger partial charge in [-0.1, -0.05) is 23.7 Å². The SMILES string of the molecule is O=C1OC(Cc2ccc(Cl)cc2)=N/C1=C/c1ccco1. The number of carbonyl (C=O) groups excluding carboxylic acids is 1. The van der Waals surface area contributed by atoms with Gasteiger partial charge in [-0.2, -0.15) is 0 Å². The first-order valence-electron chi connectivity index (χ1n) is 6.00. The fourth-order valence-corrected chi connectivity index (χ4v) is 1.94. The summed E-state index contributed by atoms with van der Waals surface area (Å²) >= 11 is 5.82. The predicted molar refractivity (Wildman–Crippen MR) is 75.4 cm³/mol. The number of furan rings is 1. The van der Waals surface area contributed by atoms with E-state index in [1.54, 1.807) is 30.3 Å². The molecule has 1 aliphatic rings. The summed E-state index contributed by atoms with van der Waals surface area (Å²) in [5.74, 6) is 0.467. The lowest BCUT2D eigenvalue weighted by Crippen LogP contribution is -2.06. The molecular formula is C15H10ClNO3. The topological polar surface area (TPSA) is 51.8 Å². The van der Waals surface area contributed by atoms with E-state index in [0.717, 1.165) is 5.56 Å². The van der Waals surface area contributed by atoms with Gasteiger partial charge in [0.1, 0.15) is 5.76 Å². The van der Waals surface area contributed by atoms with Crippen molar-refractivity contribution in [1.29, 1.82) is 0 Å². The van der Waals surface area contributed by atoms with Crippen molar-refractivity contribution in [3.05, 3.63) is 64.7 Å². The molecule has 0 N–H and O–H groups in total. The number of carbonyl (C=O) groups is 1. The van der Waals surface area contributed by atoms with Crippen molar-refractivity contribution in [3.63, 3.8) is 0 Å². The lowest BCUT2D eigenvalue weighted by molar-refractivity contribution is -0.130. The molecule has 0 spiro atoms. The molecule has 0 aliphatic carbocycles. The van der Waals surface area contributed by atoms with Crippen LogP contribution in [0.2, 0.25) is 5.02 Å². The molecule has 2 heterocycles. The minimum atomic E-state index is -0.467. The maximum Gasteiger partial charge on any atom is 0.363 e. The number of rotatable bonds is 3. The molecule has 100 valence electrons. The van der Waals surface area contributed by atoms with Crippen LogP contribution in [0, 0.1) is 0 Å². The molecule has 1 aliphatic heterocycles. The Morgan fingerprint density at radius 2 is 2.00 bits per heavy atom. The van der Waals surface area contributed by atoms with Crippen LogP contribution in [0.5, 0.6) is 0 Å². The van der Waals surface area contributed by atoms with Gasteiger partial charge in [0.25, 0.3) is 0 Å². The third-order valence-corrected chi connectivity index (χ3v) is 3.01. The molecule has 3 rings (SSSR count). The summed E-state index contributed by atoms with van der Waals surface area (Å²) in [6.07, 6.45) is 3.53. The minimum absolute atomic E-state index is 0.240. The summed E-state index contributed by atoms with van der Waals surface area (Å²) in [6, 6.07) is 10.8. The van der Waals surface area contributed by atoms with Gasteiger partial charge in [-0.3, -0.25) is 0 Å². The van der Waals surface area contributed by atoms with Crippen LogP contribution in [0.1, 0.15) is 11.3 Å². The Labute approximate surface area is 120 Å². The predicted octanol–water partition coefficient (Wildman–Crippen LogP) is 3.47. The number of hydrogen-bond acceptors (Lipinski definition) is 4. The van der Waals surface area contributed by atoms with E-state index in [2.05, 4.69) is 4.99 Å². The van der Waals surface area contributed by atoms with Crippen molar-refractivity contribution in [2.24, 2.45) is 4.99 Å². The summed E-state index contributed by atoms with van der Waals surface area (Å²) in [6.45, 7) is 0. The fourth-order valence-electron chi connectivity index (χ4n) is 1.81. The number of ether oxygens (including phenoxy) is 1. The summed E-state index contributed by atoms with van der Waals surface area (Å²) in [7, 11) is 0. The Morgan fingerprint density at radius 1 is 1.20 bits per heavy atom. The van der Waals surface area contributed by atoms with E-state index < -0.39 is 5.97 Å². The van der Waals surface area contributed by atoms with Gasteiger partial charge >= 0.3 is 5.97 Å². The molecule has 20 heavy (non-hydrogen) atoms. The highest BCUT2D eigenvalue weighted by Gasteiger charge is 2.23. The van der Waals surface area contributed by atoms with Gasteiger partial charge < -0.3 is 9.15 Å². The summed E-state index contributed by atoms with van der Waals surface area (Å²) in [4.78, 5) is 15.9. The molecule has 0 fully saturated rings. The Morgan fingerprint density at radius 3 is 2.70 bits per heavy atom. The van der Waals surface area contributed by atoms with E-state index in [-0.39, 0.29) is 5.70 Å². The number of cyclic esters (lactones) is 1. The van der Waals surface area contributed by atoms with Crippen LogP contribution in [0.3, 0.4) is 0 Å². The zero-order valence-electron chi connectivity index (χ0n) is 10.4. The van der Waals surface area contributed by atoms with Gasteiger partial charge in [0.2, 0.25) is 5.90 Å². The van der Waals surface area contributed by atoms with E-state index in [1.165, 1.54) is 6.26 Å². The van der Waals surface area contributed by atoms with Crippen molar-refractivity contribution in [2.75, 3.05) is 0 Å².